The van der Waals surface area contributed by atoms with Crippen LogP contribution in [0.25, 0.3) is 0 Å². The predicted octanol–water partition coefficient (Wildman–Crippen LogP) is 1.40. The minimum absolute atomic E-state index is 0.0975. The Hall–Kier alpha value is -1.15. The number of ether oxygens (including phenoxy) is 2. The van der Waals surface area contributed by atoms with Crippen LogP contribution in [0.5, 0.6) is 0 Å². The normalized spacial score (nSPS) is 11.3. The van der Waals surface area contributed by atoms with Crippen LogP contribution in [-0.4, -0.2) is 47.8 Å². The van der Waals surface area contributed by atoms with E-state index in [0.29, 0.717) is 32.8 Å². The van der Waals surface area contributed by atoms with Gasteiger partial charge in [0.1, 0.15) is 0 Å². The number of benzene rings is 1. The number of hydrogen-bond donors (Lipinski definition) is 1. The molecular formula is C13H18ClNO5S. The van der Waals surface area contributed by atoms with Crippen molar-refractivity contribution in [1.82, 2.24) is 5.32 Å². The highest BCUT2D eigenvalue weighted by Gasteiger charge is 2.12. The number of methoxy groups -OCH3 is 1. The summed E-state index contributed by atoms with van der Waals surface area (Å²) < 4.78 is 32.5. The zero-order chi connectivity index (χ0) is 15.7. The maximum Gasteiger partial charge on any atom is 0.261 e. The van der Waals surface area contributed by atoms with Crippen molar-refractivity contribution >= 4 is 25.6 Å². The zero-order valence-corrected chi connectivity index (χ0v) is 13.2. The molecule has 0 fully saturated rings. The van der Waals surface area contributed by atoms with Crippen LogP contribution in [-0.2, 0) is 18.5 Å². The molecule has 0 aromatic heterocycles. The van der Waals surface area contributed by atoms with Crippen molar-refractivity contribution in [1.29, 1.82) is 0 Å². The molecule has 8 heteroatoms. The van der Waals surface area contributed by atoms with E-state index in [1.54, 1.807) is 7.11 Å². The van der Waals surface area contributed by atoms with E-state index in [-0.39, 0.29) is 16.4 Å². The molecule has 118 valence electrons. The summed E-state index contributed by atoms with van der Waals surface area (Å²) in [5, 5.41) is 2.68. The number of carbonyl (C=O) groups is 1. The Balaban J connectivity index is 2.39. The van der Waals surface area contributed by atoms with E-state index in [2.05, 4.69) is 5.32 Å². The summed E-state index contributed by atoms with van der Waals surface area (Å²) in [6.45, 7) is 2.00. The van der Waals surface area contributed by atoms with Crippen LogP contribution in [0.3, 0.4) is 0 Å². The van der Waals surface area contributed by atoms with Gasteiger partial charge >= 0.3 is 0 Å². The van der Waals surface area contributed by atoms with E-state index in [9.17, 15) is 13.2 Å². The molecular weight excluding hydrogens is 318 g/mol. The summed E-state index contributed by atoms with van der Waals surface area (Å²) in [6.07, 6.45) is 0.656. The fraction of sp³-hybridized carbons (Fsp3) is 0.462. The second kappa shape index (κ2) is 8.99. The van der Waals surface area contributed by atoms with Crippen LogP contribution in [0.4, 0.5) is 0 Å². The molecule has 1 N–H and O–H groups in total. The molecule has 0 atom stereocenters. The molecule has 0 saturated carbocycles. The second-order valence-corrected chi connectivity index (χ2v) is 6.75. The molecule has 0 spiro atoms. The van der Waals surface area contributed by atoms with Crippen LogP contribution in [0.1, 0.15) is 16.8 Å². The molecule has 0 bridgehead atoms. The van der Waals surface area contributed by atoms with Crippen molar-refractivity contribution in [3.63, 3.8) is 0 Å². The van der Waals surface area contributed by atoms with E-state index in [0.717, 1.165) is 0 Å². The molecule has 0 unspecified atom stereocenters. The highest BCUT2D eigenvalue weighted by atomic mass is 35.7. The van der Waals surface area contributed by atoms with Gasteiger partial charge in [-0.05, 0) is 24.6 Å². The van der Waals surface area contributed by atoms with Gasteiger partial charge < -0.3 is 14.8 Å². The first-order valence-electron chi connectivity index (χ1n) is 6.35. The Morgan fingerprint density at radius 3 is 2.71 bits per heavy atom. The van der Waals surface area contributed by atoms with Gasteiger partial charge in [-0.3, -0.25) is 4.79 Å². The van der Waals surface area contributed by atoms with Gasteiger partial charge in [0.05, 0.1) is 18.1 Å². The molecule has 1 aromatic carbocycles. The molecule has 1 aromatic rings. The first kappa shape index (κ1) is 17.9. The highest BCUT2D eigenvalue weighted by Crippen LogP contribution is 2.16. The van der Waals surface area contributed by atoms with Crippen LogP contribution in [0.2, 0.25) is 0 Å². The minimum atomic E-state index is -3.84. The van der Waals surface area contributed by atoms with E-state index in [4.69, 9.17) is 20.2 Å². The molecule has 0 heterocycles. The van der Waals surface area contributed by atoms with Crippen molar-refractivity contribution in [2.24, 2.45) is 0 Å². The van der Waals surface area contributed by atoms with Gasteiger partial charge in [0, 0.05) is 36.5 Å². The lowest BCUT2D eigenvalue weighted by Gasteiger charge is -2.07. The molecule has 0 aliphatic heterocycles. The number of hydrogen-bond acceptors (Lipinski definition) is 5. The molecule has 0 saturated heterocycles. The number of nitrogens with one attached hydrogen (secondary N) is 1. The van der Waals surface area contributed by atoms with E-state index >= 15 is 0 Å². The van der Waals surface area contributed by atoms with Crippen molar-refractivity contribution in [3.8, 4) is 0 Å². The van der Waals surface area contributed by atoms with E-state index in [1.807, 2.05) is 0 Å². The van der Waals surface area contributed by atoms with Gasteiger partial charge in [-0.25, -0.2) is 8.42 Å². The molecule has 1 rings (SSSR count). The molecule has 0 aliphatic rings. The maximum atomic E-state index is 11.8. The van der Waals surface area contributed by atoms with Gasteiger partial charge in [-0.2, -0.15) is 0 Å². The third-order valence-electron chi connectivity index (χ3n) is 2.56. The average Bonchev–Trinajstić information content (AvgIpc) is 2.45. The van der Waals surface area contributed by atoms with Crippen molar-refractivity contribution in [3.05, 3.63) is 29.8 Å². The van der Waals surface area contributed by atoms with Gasteiger partial charge in [0.2, 0.25) is 0 Å². The Morgan fingerprint density at radius 1 is 1.29 bits per heavy atom. The summed E-state index contributed by atoms with van der Waals surface area (Å²) in [4.78, 5) is 11.8. The van der Waals surface area contributed by atoms with Crippen LogP contribution in [0.15, 0.2) is 29.2 Å². The molecule has 0 radical (unpaired) electrons. The lowest BCUT2D eigenvalue weighted by molar-refractivity contribution is 0.0688. The number of halogens is 1. The first-order chi connectivity index (χ1) is 9.95. The smallest absolute Gasteiger partial charge is 0.261 e. The zero-order valence-electron chi connectivity index (χ0n) is 11.7. The summed E-state index contributed by atoms with van der Waals surface area (Å²) in [5.74, 6) is -0.353. The molecule has 0 aliphatic carbocycles. The monoisotopic (exact) mass is 335 g/mol. The highest BCUT2D eigenvalue weighted by molar-refractivity contribution is 8.13. The summed E-state index contributed by atoms with van der Waals surface area (Å²) in [6, 6.07) is 5.57. The number of amides is 1. The van der Waals surface area contributed by atoms with Crippen molar-refractivity contribution < 1.29 is 22.7 Å². The third-order valence-corrected chi connectivity index (χ3v) is 3.91. The molecule has 6 nitrogen and oxygen atoms in total. The van der Waals surface area contributed by atoms with E-state index in [1.165, 1.54) is 24.3 Å². The summed E-state index contributed by atoms with van der Waals surface area (Å²) in [7, 11) is 3.00. The molecule has 1 amide bonds. The predicted molar refractivity (Wildman–Crippen MR) is 79.1 cm³/mol. The standard InChI is InChI=1S/C13H18ClNO5S/c1-19-8-9-20-7-3-6-15-13(16)11-4-2-5-12(10-11)21(14,17)18/h2,4-5,10H,3,6-9H2,1H3,(H,15,16). The average molecular weight is 336 g/mol. The number of rotatable bonds is 9. The van der Waals surface area contributed by atoms with Gasteiger partial charge in [0.25, 0.3) is 15.0 Å². The van der Waals surface area contributed by atoms with Gasteiger partial charge in [0.15, 0.2) is 0 Å². The maximum absolute atomic E-state index is 11.8. The van der Waals surface area contributed by atoms with Gasteiger partial charge in [-0.1, -0.05) is 6.07 Å². The molecule has 21 heavy (non-hydrogen) atoms. The Kier molecular flexibility index (Phi) is 7.66. The quantitative estimate of drug-likeness (QED) is 0.545. The third kappa shape index (κ3) is 6.90. The first-order valence-corrected chi connectivity index (χ1v) is 8.65. The van der Waals surface area contributed by atoms with Crippen LogP contribution in [0, 0.1) is 0 Å². The largest absolute Gasteiger partial charge is 0.382 e. The topological polar surface area (TPSA) is 81.7 Å². The second-order valence-electron chi connectivity index (χ2n) is 4.18. The summed E-state index contributed by atoms with van der Waals surface area (Å²) in [5.41, 5.74) is 0.247. The van der Waals surface area contributed by atoms with E-state index < -0.39 is 9.05 Å². The summed E-state index contributed by atoms with van der Waals surface area (Å²) >= 11 is 0. The fourth-order valence-corrected chi connectivity index (χ4v) is 2.31. The van der Waals surface area contributed by atoms with Crippen LogP contribution >= 0.6 is 10.7 Å². The van der Waals surface area contributed by atoms with Gasteiger partial charge in [-0.15, -0.1) is 0 Å². The van der Waals surface area contributed by atoms with Crippen molar-refractivity contribution in [2.45, 2.75) is 11.3 Å². The lowest BCUT2D eigenvalue weighted by atomic mass is 10.2. The fourth-order valence-electron chi connectivity index (χ4n) is 1.51. The Labute approximate surface area is 128 Å². The SMILES string of the molecule is COCCOCCCNC(=O)c1cccc(S(=O)(=O)Cl)c1. The minimum Gasteiger partial charge on any atom is -0.382 e. The lowest BCUT2D eigenvalue weighted by Crippen LogP contribution is -2.25. The Morgan fingerprint density at radius 2 is 2.05 bits per heavy atom. The van der Waals surface area contributed by atoms with Crippen LogP contribution < -0.4 is 5.32 Å². The van der Waals surface area contributed by atoms with Crippen molar-refractivity contribution in [2.75, 3.05) is 33.5 Å². The number of carbonyl (C=O) groups excluding carboxylic acids is 1. The Bertz CT molecular complexity index is 561.